The van der Waals surface area contributed by atoms with Crippen LogP contribution in [0.1, 0.15) is 11.1 Å². The van der Waals surface area contributed by atoms with Crippen LogP contribution in [-0.2, 0) is 11.2 Å². The van der Waals surface area contributed by atoms with Crippen LogP contribution in [-0.4, -0.2) is 32.7 Å². The topological polar surface area (TPSA) is 98.3 Å². The first kappa shape index (κ1) is 21.8. The molecular weight excluding hydrogens is 452 g/mol. The summed E-state index contributed by atoms with van der Waals surface area (Å²) < 4.78 is 1.57. The fourth-order valence-corrected chi connectivity index (χ4v) is 5.08. The van der Waals surface area contributed by atoms with Crippen LogP contribution in [0.25, 0.3) is 16.6 Å². The largest absolute Gasteiger partial charge is 0.311 e. The molecule has 170 valence electrons. The summed E-state index contributed by atoms with van der Waals surface area (Å²) in [6, 6.07) is 19.3. The number of carbonyl (C=O) groups is 1. The lowest BCUT2D eigenvalue weighted by Crippen LogP contribution is -2.31. The molecule has 0 unspecified atom stereocenters. The lowest BCUT2D eigenvalue weighted by Gasteiger charge is -2.18. The van der Waals surface area contributed by atoms with Gasteiger partial charge in [-0.25, -0.2) is 4.98 Å². The minimum atomic E-state index is -0.434. The van der Waals surface area contributed by atoms with Gasteiger partial charge >= 0.3 is 0 Å². The molecule has 34 heavy (non-hydrogen) atoms. The number of non-ortho nitro benzene ring substituents is 1. The summed E-state index contributed by atoms with van der Waals surface area (Å²) in [5.74, 6) is -0.0658. The van der Waals surface area contributed by atoms with E-state index in [0.29, 0.717) is 34.7 Å². The first-order valence-electron chi connectivity index (χ1n) is 10.7. The molecule has 0 bridgehead atoms. The third-order valence-electron chi connectivity index (χ3n) is 5.90. The molecule has 5 rings (SSSR count). The number of aromatic nitrogens is 2. The molecule has 0 N–H and O–H groups in total. The van der Waals surface area contributed by atoms with Crippen LogP contribution in [0.5, 0.6) is 0 Å². The molecule has 1 aliphatic heterocycles. The van der Waals surface area contributed by atoms with Gasteiger partial charge in [0.2, 0.25) is 5.91 Å². The quantitative estimate of drug-likeness (QED) is 0.186. The van der Waals surface area contributed by atoms with Crippen molar-refractivity contribution in [3.05, 3.63) is 98.3 Å². The molecule has 2 heterocycles. The Morgan fingerprint density at radius 1 is 1.09 bits per heavy atom. The zero-order valence-corrected chi connectivity index (χ0v) is 19.1. The van der Waals surface area contributed by atoms with Crippen LogP contribution < -0.4 is 10.5 Å². The summed E-state index contributed by atoms with van der Waals surface area (Å²) in [4.78, 5) is 43.5. The van der Waals surface area contributed by atoms with Gasteiger partial charge < -0.3 is 4.90 Å². The van der Waals surface area contributed by atoms with Crippen LogP contribution in [0.2, 0.25) is 0 Å². The van der Waals surface area contributed by atoms with Gasteiger partial charge in [0.15, 0.2) is 5.16 Å². The van der Waals surface area contributed by atoms with Crippen molar-refractivity contribution in [1.29, 1.82) is 0 Å². The SMILES string of the molecule is Cc1ccccc1-n1c(SCC(=O)N2CCc3cc([N+](=O)[O-])ccc32)nc2ccccc2c1=O. The van der Waals surface area contributed by atoms with Gasteiger partial charge in [-0.3, -0.25) is 24.3 Å². The monoisotopic (exact) mass is 472 g/mol. The third kappa shape index (κ3) is 3.84. The molecule has 0 radical (unpaired) electrons. The predicted molar refractivity (Wildman–Crippen MR) is 132 cm³/mol. The number of aryl methyl sites for hydroxylation is 1. The minimum Gasteiger partial charge on any atom is -0.311 e. The van der Waals surface area contributed by atoms with Crippen LogP contribution >= 0.6 is 11.8 Å². The zero-order valence-electron chi connectivity index (χ0n) is 18.3. The maximum Gasteiger partial charge on any atom is 0.269 e. The number of para-hydroxylation sites is 2. The van der Waals surface area contributed by atoms with E-state index in [1.807, 2.05) is 37.3 Å². The molecule has 1 aliphatic rings. The minimum absolute atomic E-state index is 0.0186. The highest BCUT2D eigenvalue weighted by Gasteiger charge is 2.27. The average molecular weight is 473 g/mol. The first-order chi connectivity index (χ1) is 16.4. The molecule has 0 fully saturated rings. The number of benzene rings is 3. The van der Waals surface area contributed by atoms with Crippen molar-refractivity contribution >= 4 is 39.9 Å². The van der Waals surface area contributed by atoms with Crippen molar-refractivity contribution in [3.8, 4) is 5.69 Å². The molecular formula is C25H20N4O4S. The number of anilines is 1. The van der Waals surface area contributed by atoms with Gasteiger partial charge in [0.25, 0.3) is 11.2 Å². The number of carbonyl (C=O) groups excluding carboxylic acids is 1. The summed E-state index contributed by atoms with van der Waals surface area (Å²) in [6.45, 7) is 2.39. The number of hydrogen-bond donors (Lipinski definition) is 0. The standard InChI is InChI=1S/C25H20N4O4S/c1-16-6-2-5-9-21(16)28-24(31)19-7-3-4-8-20(19)26-25(28)34-15-23(30)27-13-12-17-14-18(29(32)33)10-11-22(17)27/h2-11,14H,12-13,15H2,1H3. The molecule has 0 saturated heterocycles. The van der Waals surface area contributed by atoms with Gasteiger partial charge in [-0.15, -0.1) is 0 Å². The van der Waals surface area contributed by atoms with E-state index in [1.54, 1.807) is 33.7 Å². The molecule has 9 heteroatoms. The number of nitro groups is 1. The maximum atomic E-state index is 13.4. The Labute approximate surface area is 199 Å². The van der Waals surface area contributed by atoms with Crippen molar-refractivity contribution < 1.29 is 9.72 Å². The number of nitro benzene ring substituents is 1. The Kier molecular flexibility index (Phi) is 5.62. The van der Waals surface area contributed by atoms with E-state index in [0.717, 1.165) is 16.8 Å². The Morgan fingerprint density at radius 3 is 2.65 bits per heavy atom. The fraction of sp³-hybridized carbons (Fsp3) is 0.160. The predicted octanol–water partition coefficient (Wildman–Crippen LogP) is 4.28. The molecule has 3 aromatic carbocycles. The normalized spacial score (nSPS) is 12.7. The highest BCUT2D eigenvalue weighted by Crippen LogP contribution is 2.32. The molecule has 0 atom stereocenters. The van der Waals surface area contributed by atoms with E-state index < -0.39 is 4.92 Å². The van der Waals surface area contributed by atoms with Gasteiger partial charge in [-0.1, -0.05) is 42.1 Å². The Hall–Kier alpha value is -3.98. The zero-order chi connectivity index (χ0) is 23.8. The molecule has 4 aromatic rings. The van der Waals surface area contributed by atoms with Gasteiger partial charge in [0.05, 0.1) is 27.3 Å². The lowest BCUT2D eigenvalue weighted by atomic mass is 10.1. The van der Waals surface area contributed by atoms with Crippen molar-refractivity contribution in [2.75, 3.05) is 17.2 Å². The molecule has 1 aromatic heterocycles. The number of rotatable bonds is 5. The van der Waals surface area contributed by atoms with Crippen LogP contribution in [0, 0.1) is 17.0 Å². The van der Waals surface area contributed by atoms with E-state index in [1.165, 1.54) is 23.9 Å². The van der Waals surface area contributed by atoms with Crippen LogP contribution in [0.3, 0.4) is 0 Å². The van der Waals surface area contributed by atoms with E-state index in [-0.39, 0.29) is 22.9 Å². The Balaban J connectivity index is 1.48. The third-order valence-corrected chi connectivity index (χ3v) is 6.82. The van der Waals surface area contributed by atoms with Crippen molar-refractivity contribution in [2.45, 2.75) is 18.5 Å². The number of nitrogens with zero attached hydrogens (tertiary/aromatic N) is 4. The van der Waals surface area contributed by atoms with Crippen molar-refractivity contribution in [1.82, 2.24) is 9.55 Å². The second-order valence-corrected chi connectivity index (χ2v) is 8.94. The van der Waals surface area contributed by atoms with Gasteiger partial charge in [0.1, 0.15) is 0 Å². The van der Waals surface area contributed by atoms with Crippen molar-refractivity contribution in [3.63, 3.8) is 0 Å². The molecule has 0 aliphatic carbocycles. The summed E-state index contributed by atoms with van der Waals surface area (Å²) in [5, 5.41) is 12.0. The summed E-state index contributed by atoms with van der Waals surface area (Å²) in [5.41, 5.74) is 3.53. The van der Waals surface area contributed by atoms with Gasteiger partial charge in [-0.05, 0) is 48.7 Å². The average Bonchev–Trinajstić information content (AvgIpc) is 3.27. The fourth-order valence-electron chi connectivity index (χ4n) is 4.20. The van der Waals surface area contributed by atoms with E-state index in [4.69, 9.17) is 4.98 Å². The Morgan fingerprint density at radius 2 is 1.85 bits per heavy atom. The van der Waals surface area contributed by atoms with Crippen molar-refractivity contribution in [2.24, 2.45) is 0 Å². The number of hydrogen-bond acceptors (Lipinski definition) is 6. The van der Waals surface area contributed by atoms with E-state index >= 15 is 0 Å². The summed E-state index contributed by atoms with van der Waals surface area (Å²) in [7, 11) is 0. The van der Waals surface area contributed by atoms with Crippen LogP contribution in [0.4, 0.5) is 11.4 Å². The molecule has 1 amide bonds. The van der Waals surface area contributed by atoms with E-state index in [9.17, 15) is 19.7 Å². The smallest absolute Gasteiger partial charge is 0.269 e. The number of thioether (sulfide) groups is 1. The highest BCUT2D eigenvalue weighted by molar-refractivity contribution is 7.99. The highest BCUT2D eigenvalue weighted by atomic mass is 32.2. The maximum absolute atomic E-state index is 13.4. The van der Waals surface area contributed by atoms with Gasteiger partial charge in [0, 0.05) is 24.4 Å². The summed E-state index contributed by atoms with van der Waals surface area (Å²) >= 11 is 1.21. The Bertz CT molecular complexity index is 1510. The number of fused-ring (bicyclic) bond motifs is 2. The second kappa shape index (κ2) is 8.75. The second-order valence-electron chi connectivity index (χ2n) is 7.99. The van der Waals surface area contributed by atoms with Crippen LogP contribution in [0.15, 0.2) is 76.7 Å². The molecule has 0 saturated carbocycles. The first-order valence-corrected chi connectivity index (χ1v) is 11.7. The summed E-state index contributed by atoms with van der Waals surface area (Å²) in [6.07, 6.45) is 0.565. The molecule has 8 nitrogen and oxygen atoms in total. The van der Waals surface area contributed by atoms with Gasteiger partial charge in [-0.2, -0.15) is 0 Å². The molecule has 0 spiro atoms. The number of amides is 1. The van der Waals surface area contributed by atoms with E-state index in [2.05, 4.69) is 0 Å². The lowest BCUT2D eigenvalue weighted by molar-refractivity contribution is -0.384.